The van der Waals surface area contributed by atoms with Gasteiger partial charge in [0.2, 0.25) is 5.82 Å². The van der Waals surface area contributed by atoms with Gasteiger partial charge in [0.05, 0.1) is 0 Å². The van der Waals surface area contributed by atoms with E-state index in [1.54, 1.807) is 0 Å². The summed E-state index contributed by atoms with van der Waals surface area (Å²) in [4.78, 5) is 13.3. The van der Waals surface area contributed by atoms with Crippen LogP contribution in [0.3, 0.4) is 0 Å². The number of benzene rings is 1. The first-order chi connectivity index (χ1) is 12.1. The van der Waals surface area contributed by atoms with Crippen LogP contribution >= 0.6 is 12.4 Å². The second-order valence-electron chi connectivity index (χ2n) is 6.45. The smallest absolute Gasteiger partial charge is 0.209 e. The van der Waals surface area contributed by atoms with Gasteiger partial charge in [-0.3, -0.25) is 0 Å². The number of hydrogen-bond acceptors (Lipinski definition) is 5. The number of aliphatic hydroxyl groups is 1. The third kappa shape index (κ3) is 3.24. The van der Waals surface area contributed by atoms with Crippen molar-refractivity contribution >= 4 is 29.4 Å². The molecule has 0 atom stereocenters. The first-order valence-electron chi connectivity index (χ1n) is 8.37. The van der Waals surface area contributed by atoms with Crippen molar-refractivity contribution in [2.24, 2.45) is 7.05 Å². The van der Waals surface area contributed by atoms with E-state index in [2.05, 4.69) is 26.8 Å². The maximum Gasteiger partial charge on any atom is 0.209 e. The molecule has 1 saturated carbocycles. The quantitative estimate of drug-likeness (QED) is 0.644. The molecule has 1 aromatic carbocycles. The van der Waals surface area contributed by atoms with Crippen LogP contribution < -0.4 is 5.73 Å². The molecule has 7 heteroatoms. The molecule has 1 aliphatic rings. The van der Waals surface area contributed by atoms with E-state index in [-0.39, 0.29) is 12.4 Å². The average molecular weight is 370 g/mol. The molecule has 0 aliphatic heterocycles. The summed E-state index contributed by atoms with van der Waals surface area (Å²) in [5.41, 5.74) is 7.33. The van der Waals surface area contributed by atoms with Crippen LogP contribution in [-0.2, 0) is 7.05 Å². The van der Waals surface area contributed by atoms with E-state index in [1.165, 1.54) is 0 Å². The van der Waals surface area contributed by atoms with E-state index in [0.717, 1.165) is 24.2 Å². The van der Waals surface area contributed by atoms with Gasteiger partial charge in [-0.1, -0.05) is 36.3 Å². The summed E-state index contributed by atoms with van der Waals surface area (Å²) in [6.45, 7) is 0. The summed E-state index contributed by atoms with van der Waals surface area (Å²) < 4.78 is 1.89. The normalized spacial score (nSPS) is 15.3. The van der Waals surface area contributed by atoms with Crippen LogP contribution in [0, 0.1) is 11.8 Å². The average Bonchev–Trinajstić information content (AvgIpc) is 3.19. The van der Waals surface area contributed by atoms with Gasteiger partial charge >= 0.3 is 0 Å². The molecule has 2 heterocycles. The van der Waals surface area contributed by atoms with Gasteiger partial charge in [0.1, 0.15) is 11.4 Å². The molecule has 3 aromatic rings. The Morgan fingerprint density at radius 1 is 1.12 bits per heavy atom. The summed E-state index contributed by atoms with van der Waals surface area (Å²) in [5, 5.41) is 10.4. The Kier molecular flexibility index (Phi) is 4.86. The highest BCUT2D eigenvalue weighted by Gasteiger charge is 2.28. The van der Waals surface area contributed by atoms with Crippen molar-refractivity contribution in [2.75, 3.05) is 5.73 Å². The number of hydrogen-bond donors (Lipinski definition) is 2. The molecule has 3 N–H and O–H groups in total. The van der Waals surface area contributed by atoms with Gasteiger partial charge in [0, 0.05) is 12.6 Å². The molecule has 0 bridgehead atoms. The van der Waals surface area contributed by atoms with Crippen LogP contribution in [-0.4, -0.2) is 30.2 Å². The molecule has 0 amide bonds. The number of nitrogens with zero attached hydrogens (tertiary/aromatic N) is 4. The number of anilines is 1. The number of aromatic nitrogens is 4. The highest BCUT2D eigenvalue weighted by Crippen LogP contribution is 2.29. The highest BCUT2D eigenvalue weighted by molar-refractivity contribution is 5.86. The zero-order valence-corrected chi connectivity index (χ0v) is 15.3. The van der Waals surface area contributed by atoms with E-state index < -0.39 is 5.60 Å². The fraction of sp³-hybridized carbons (Fsp3) is 0.316. The van der Waals surface area contributed by atoms with Crippen LogP contribution in [0.2, 0.25) is 0 Å². The van der Waals surface area contributed by atoms with Crippen molar-refractivity contribution in [1.82, 2.24) is 19.5 Å². The molecule has 134 valence electrons. The molecule has 4 rings (SSSR count). The van der Waals surface area contributed by atoms with Gasteiger partial charge in [0.15, 0.2) is 17.0 Å². The minimum Gasteiger partial charge on any atom is -0.382 e. The van der Waals surface area contributed by atoms with Crippen LogP contribution in [0.25, 0.3) is 22.6 Å². The topological polar surface area (TPSA) is 89.9 Å². The van der Waals surface area contributed by atoms with E-state index in [9.17, 15) is 5.11 Å². The zero-order chi connectivity index (χ0) is 17.4. The lowest BCUT2D eigenvalue weighted by atomic mass is 10.0. The fourth-order valence-corrected chi connectivity index (χ4v) is 3.24. The van der Waals surface area contributed by atoms with Crippen molar-refractivity contribution in [2.45, 2.75) is 31.3 Å². The SMILES string of the molecule is Cl.Cn1c(-c2ccccc2)nc2c(N)nc(C#CC3(O)CCCC3)nc21. The van der Waals surface area contributed by atoms with Crippen molar-refractivity contribution in [3.05, 3.63) is 36.2 Å². The first kappa shape index (κ1) is 18.2. The standard InChI is InChI=1S/C19H19N5O.ClH/c1-24-17(13-7-3-2-4-8-13)23-15-16(20)21-14(22-18(15)24)9-12-19(25)10-5-6-11-19;/h2-4,7-8,25H,5-6,10-11H2,1H3,(H2,20,21,22);1H. The van der Waals surface area contributed by atoms with Gasteiger partial charge in [-0.2, -0.15) is 0 Å². The van der Waals surface area contributed by atoms with Gasteiger partial charge in [-0.25, -0.2) is 15.0 Å². The Hall–Kier alpha value is -2.62. The van der Waals surface area contributed by atoms with Gasteiger partial charge in [-0.15, -0.1) is 12.4 Å². The Bertz CT molecular complexity index is 997. The predicted molar refractivity (Wildman–Crippen MR) is 104 cm³/mol. The van der Waals surface area contributed by atoms with E-state index >= 15 is 0 Å². The Balaban J connectivity index is 0.00000196. The number of rotatable bonds is 1. The zero-order valence-electron chi connectivity index (χ0n) is 14.4. The lowest BCUT2D eigenvalue weighted by Crippen LogP contribution is -2.20. The molecular weight excluding hydrogens is 350 g/mol. The lowest BCUT2D eigenvalue weighted by Gasteiger charge is -2.12. The number of nitrogen functional groups attached to an aromatic ring is 1. The maximum atomic E-state index is 10.4. The fourth-order valence-electron chi connectivity index (χ4n) is 3.24. The number of fused-ring (bicyclic) bond motifs is 1. The Morgan fingerprint density at radius 3 is 2.50 bits per heavy atom. The van der Waals surface area contributed by atoms with Gasteiger partial charge < -0.3 is 15.4 Å². The Labute approximate surface area is 157 Å². The van der Waals surface area contributed by atoms with Crippen molar-refractivity contribution < 1.29 is 5.11 Å². The van der Waals surface area contributed by atoms with Crippen LogP contribution in [0.15, 0.2) is 30.3 Å². The second-order valence-corrected chi connectivity index (χ2v) is 6.45. The van der Waals surface area contributed by atoms with E-state index in [0.29, 0.717) is 35.6 Å². The third-order valence-electron chi connectivity index (χ3n) is 4.62. The van der Waals surface area contributed by atoms with Crippen LogP contribution in [0.4, 0.5) is 5.82 Å². The maximum absolute atomic E-state index is 10.4. The summed E-state index contributed by atoms with van der Waals surface area (Å²) in [7, 11) is 1.89. The van der Waals surface area contributed by atoms with Crippen LogP contribution in [0.1, 0.15) is 31.5 Å². The molecule has 1 aliphatic carbocycles. The van der Waals surface area contributed by atoms with Crippen molar-refractivity contribution in [1.29, 1.82) is 0 Å². The Morgan fingerprint density at radius 2 is 1.81 bits per heavy atom. The van der Waals surface area contributed by atoms with Gasteiger partial charge in [-0.05, 0) is 31.6 Å². The predicted octanol–water partition coefficient (Wildman–Crippen LogP) is 2.69. The summed E-state index contributed by atoms with van der Waals surface area (Å²) in [5.74, 6) is 7.20. The summed E-state index contributed by atoms with van der Waals surface area (Å²) in [6.07, 6.45) is 3.38. The molecule has 0 unspecified atom stereocenters. The molecule has 1 fully saturated rings. The monoisotopic (exact) mass is 369 g/mol. The minimum atomic E-state index is -0.922. The summed E-state index contributed by atoms with van der Waals surface area (Å²) in [6, 6.07) is 9.86. The number of halogens is 1. The molecule has 0 saturated heterocycles. The van der Waals surface area contributed by atoms with Crippen molar-refractivity contribution in [3.8, 4) is 23.2 Å². The molecule has 6 nitrogen and oxygen atoms in total. The number of nitrogens with two attached hydrogens (primary N) is 1. The van der Waals surface area contributed by atoms with E-state index in [4.69, 9.17) is 5.73 Å². The molecular formula is C19H20ClN5O. The molecule has 0 spiro atoms. The number of aryl methyl sites for hydroxylation is 1. The molecule has 2 aromatic heterocycles. The highest BCUT2D eigenvalue weighted by atomic mass is 35.5. The lowest BCUT2D eigenvalue weighted by molar-refractivity contribution is 0.110. The second kappa shape index (κ2) is 6.94. The van der Waals surface area contributed by atoms with E-state index in [1.807, 2.05) is 41.9 Å². The minimum absolute atomic E-state index is 0. The first-order valence-corrected chi connectivity index (χ1v) is 8.37. The molecule has 26 heavy (non-hydrogen) atoms. The molecule has 0 radical (unpaired) electrons. The van der Waals surface area contributed by atoms with Crippen LogP contribution in [0.5, 0.6) is 0 Å². The summed E-state index contributed by atoms with van der Waals surface area (Å²) >= 11 is 0. The largest absolute Gasteiger partial charge is 0.382 e. The van der Waals surface area contributed by atoms with Crippen molar-refractivity contribution in [3.63, 3.8) is 0 Å². The van der Waals surface area contributed by atoms with Gasteiger partial charge in [0.25, 0.3) is 0 Å². The number of imidazole rings is 1. The third-order valence-corrected chi connectivity index (χ3v) is 4.62.